The van der Waals surface area contributed by atoms with Gasteiger partial charge in [0.15, 0.2) is 5.69 Å². The highest BCUT2D eigenvalue weighted by Crippen LogP contribution is 2.17. The van der Waals surface area contributed by atoms with Gasteiger partial charge in [-0.2, -0.15) is 0 Å². The van der Waals surface area contributed by atoms with E-state index in [1.54, 1.807) is 22.2 Å². The maximum absolute atomic E-state index is 12.7. The number of hydrogen-bond donors (Lipinski definition) is 1. The van der Waals surface area contributed by atoms with Crippen LogP contribution in [0.1, 0.15) is 35.3 Å². The number of carbonyl (C=O) groups excluding carboxylic acids is 1. The van der Waals surface area contributed by atoms with Gasteiger partial charge in [-0.05, 0) is 25.3 Å². The Labute approximate surface area is 127 Å². The van der Waals surface area contributed by atoms with Gasteiger partial charge in [-0.15, -0.1) is 16.4 Å². The van der Waals surface area contributed by atoms with Crippen molar-refractivity contribution in [1.82, 2.24) is 25.2 Å². The largest absolute Gasteiger partial charge is 0.330 e. The summed E-state index contributed by atoms with van der Waals surface area (Å²) in [7, 11) is 0. The highest BCUT2D eigenvalue weighted by atomic mass is 32.1. The van der Waals surface area contributed by atoms with Gasteiger partial charge < -0.3 is 10.2 Å². The van der Waals surface area contributed by atoms with E-state index in [0.29, 0.717) is 18.3 Å². The molecule has 0 saturated carbocycles. The van der Waals surface area contributed by atoms with Gasteiger partial charge in [-0.1, -0.05) is 11.3 Å². The monoisotopic (exact) mass is 305 g/mol. The van der Waals surface area contributed by atoms with E-state index in [0.717, 1.165) is 13.1 Å². The predicted octanol–water partition coefficient (Wildman–Crippen LogP) is 1.53. The Bertz CT molecular complexity index is 603. The van der Waals surface area contributed by atoms with E-state index in [-0.39, 0.29) is 11.9 Å². The molecule has 1 aliphatic heterocycles. The highest BCUT2D eigenvalue weighted by Gasteiger charge is 2.25. The maximum atomic E-state index is 12.7. The first-order chi connectivity index (χ1) is 10.1. The Balaban J connectivity index is 1.75. The molecule has 6 nitrogen and oxygen atoms in total. The lowest BCUT2D eigenvalue weighted by Gasteiger charge is -2.26. The number of hydrogen-bond acceptors (Lipinski definition) is 5. The van der Waals surface area contributed by atoms with Crippen molar-refractivity contribution < 1.29 is 4.79 Å². The molecule has 1 N–H and O–H groups in total. The second-order valence-corrected chi connectivity index (χ2v) is 6.53. The van der Waals surface area contributed by atoms with Crippen LogP contribution in [0.3, 0.4) is 0 Å². The summed E-state index contributed by atoms with van der Waals surface area (Å²) in [6.07, 6.45) is 1.76. The SMILES string of the molecule is CC(C)N(Cc1cccs1)C(=O)c1cn(C2CNC2)nn1. The maximum Gasteiger partial charge on any atom is 0.276 e. The first-order valence-electron chi connectivity index (χ1n) is 7.11. The molecule has 112 valence electrons. The molecule has 7 heteroatoms. The van der Waals surface area contributed by atoms with Gasteiger partial charge >= 0.3 is 0 Å². The minimum atomic E-state index is -0.0584. The van der Waals surface area contributed by atoms with Crippen molar-refractivity contribution >= 4 is 17.2 Å². The average Bonchev–Trinajstić information content (AvgIpc) is 3.03. The predicted molar refractivity (Wildman–Crippen MR) is 81.3 cm³/mol. The summed E-state index contributed by atoms with van der Waals surface area (Å²) < 4.78 is 1.79. The molecule has 1 fully saturated rings. The number of amides is 1. The van der Waals surface area contributed by atoms with E-state index in [1.165, 1.54) is 4.88 Å². The lowest BCUT2D eigenvalue weighted by atomic mass is 10.2. The van der Waals surface area contributed by atoms with Gasteiger partial charge in [-0.25, -0.2) is 4.68 Å². The van der Waals surface area contributed by atoms with E-state index in [9.17, 15) is 4.79 Å². The van der Waals surface area contributed by atoms with Crippen molar-refractivity contribution in [2.24, 2.45) is 0 Å². The third-order valence-corrected chi connectivity index (χ3v) is 4.52. The molecule has 2 aromatic heterocycles. The number of carbonyl (C=O) groups is 1. The number of rotatable bonds is 5. The molecule has 0 aromatic carbocycles. The smallest absolute Gasteiger partial charge is 0.276 e. The number of aromatic nitrogens is 3. The summed E-state index contributed by atoms with van der Waals surface area (Å²) in [5, 5.41) is 13.3. The lowest BCUT2D eigenvalue weighted by molar-refractivity contribution is 0.0686. The Morgan fingerprint density at radius 3 is 2.95 bits per heavy atom. The molecule has 1 saturated heterocycles. The van der Waals surface area contributed by atoms with Crippen LogP contribution in [0.15, 0.2) is 23.7 Å². The summed E-state index contributed by atoms with van der Waals surface area (Å²) in [6.45, 7) is 6.43. The minimum absolute atomic E-state index is 0.0584. The van der Waals surface area contributed by atoms with Crippen molar-refractivity contribution in [3.63, 3.8) is 0 Å². The fourth-order valence-electron chi connectivity index (χ4n) is 2.22. The Morgan fingerprint density at radius 2 is 2.38 bits per heavy atom. The van der Waals surface area contributed by atoms with Crippen LogP contribution >= 0.6 is 11.3 Å². The summed E-state index contributed by atoms with van der Waals surface area (Å²) in [6, 6.07) is 4.49. The first kappa shape index (κ1) is 14.2. The summed E-state index contributed by atoms with van der Waals surface area (Å²) in [5.41, 5.74) is 0.423. The molecule has 2 aromatic rings. The van der Waals surface area contributed by atoms with Crippen molar-refractivity contribution in [1.29, 1.82) is 0 Å². The Morgan fingerprint density at radius 1 is 1.57 bits per heavy atom. The van der Waals surface area contributed by atoms with E-state index in [1.807, 2.05) is 36.3 Å². The molecule has 0 unspecified atom stereocenters. The van der Waals surface area contributed by atoms with Crippen molar-refractivity contribution in [2.45, 2.75) is 32.5 Å². The van der Waals surface area contributed by atoms with Crippen molar-refractivity contribution in [2.75, 3.05) is 13.1 Å². The molecule has 0 spiro atoms. The van der Waals surface area contributed by atoms with Crippen LogP contribution < -0.4 is 5.32 Å². The standard InChI is InChI=1S/C14H19N5OS/c1-10(2)18(8-12-4-3-5-21-12)14(20)13-9-19(17-16-13)11-6-15-7-11/h3-5,9-11,15H,6-8H2,1-2H3. The second kappa shape index (κ2) is 5.95. The summed E-state index contributed by atoms with van der Waals surface area (Å²) in [4.78, 5) is 15.7. The average molecular weight is 305 g/mol. The first-order valence-corrected chi connectivity index (χ1v) is 7.99. The van der Waals surface area contributed by atoms with Crippen LogP contribution in [0, 0.1) is 0 Å². The van der Waals surface area contributed by atoms with Gasteiger partial charge in [0.2, 0.25) is 0 Å². The van der Waals surface area contributed by atoms with Crippen LogP contribution in [0.2, 0.25) is 0 Å². The number of nitrogens with zero attached hydrogens (tertiary/aromatic N) is 4. The zero-order valence-corrected chi connectivity index (χ0v) is 13.0. The topological polar surface area (TPSA) is 63.1 Å². The third-order valence-electron chi connectivity index (χ3n) is 3.65. The minimum Gasteiger partial charge on any atom is -0.330 e. The van der Waals surface area contributed by atoms with Gasteiger partial charge in [-0.3, -0.25) is 4.79 Å². The van der Waals surface area contributed by atoms with E-state index < -0.39 is 0 Å². The molecular weight excluding hydrogens is 286 g/mol. The van der Waals surface area contributed by atoms with Crippen molar-refractivity contribution in [3.8, 4) is 0 Å². The van der Waals surface area contributed by atoms with Crippen LogP contribution in [0.25, 0.3) is 0 Å². The molecule has 0 bridgehead atoms. The van der Waals surface area contributed by atoms with Crippen LogP contribution in [-0.4, -0.2) is 44.9 Å². The quantitative estimate of drug-likeness (QED) is 0.910. The van der Waals surface area contributed by atoms with Gasteiger partial charge in [0.05, 0.1) is 18.8 Å². The molecule has 3 heterocycles. The van der Waals surface area contributed by atoms with Crippen LogP contribution in [-0.2, 0) is 6.54 Å². The molecule has 0 radical (unpaired) electrons. The molecule has 1 aliphatic rings. The summed E-state index contributed by atoms with van der Waals surface area (Å²) >= 11 is 1.66. The van der Waals surface area contributed by atoms with Gasteiger partial charge in [0.25, 0.3) is 5.91 Å². The Kier molecular flexibility index (Phi) is 4.03. The lowest BCUT2D eigenvalue weighted by Crippen LogP contribution is -2.43. The third kappa shape index (κ3) is 2.98. The zero-order chi connectivity index (χ0) is 14.8. The van der Waals surface area contributed by atoms with Gasteiger partial charge in [0, 0.05) is 24.0 Å². The van der Waals surface area contributed by atoms with E-state index in [2.05, 4.69) is 15.6 Å². The van der Waals surface area contributed by atoms with Crippen LogP contribution in [0.5, 0.6) is 0 Å². The van der Waals surface area contributed by atoms with Gasteiger partial charge in [0.1, 0.15) is 0 Å². The molecule has 3 rings (SSSR count). The second-order valence-electron chi connectivity index (χ2n) is 5.50. The summed E-state index contributed by atoms with van der Waals surface area (Å²) in [5.74, 6) is -0.0584. The Hall–Kier alpha value is -1.73. The van der Waals surface area contributed by atoms with Crippen LogP contribution in [0.4, 0.5) is 0 Å². The van der Waals surface area contributed by atoms with E-state index >= 15 is 0 Å². The number of thiophene rings is 1. The molecule has 1 amide bonds. The molecule has 0 aliphatic carbocycles. The van der Waals surface area contributed by atoms with Crippen molar-refractivity contribution in [3.05, 3.63) is 34.3 Å². The fraction of sp³-hybridized carbons (Fsp3) is 0.500. The fourth-order valence-corrected chi connectivity index (χ4v) is 2.92. The molecule has 0 atom stereocenters. The zero-order valence-electron chi connectivity index (χ0n) is 12.2. The van der Waals surface area contributed by atoms with E-state index in [4.69, 9.17) is 0 Å². The normalized spacial score (nSPS) is 15.2. The molecular formula is C14H19N5OS. The number of nitrogens with one attached hydrogen (secondary N) is 1. The highest BCUT2D eigenvalue weighted by molar-refractivity contribution is 7.09. The molecule has 21 heavy (non-hydrogen) atoms.